The topological polar surface area (TPSA) is 101 Å². The first kappa shape index (κ1) is 16.7. The van der Waals surface area contributed by atoms with Crippen molar-refractivity contribution in [2.75, 3.05) is 13.7 Å². The summed E-state index contributed by atoms with van der Waals surface area (Å²) >= 11 is 0. The molecule has 0 bridgehead atoms. The van der Waals surface area contributed by atoms with Crippen molar-refractivity contribution < 1.29 is 19.1 Å². The fourth-order valence-electron chi connectivity index (χ4n) is 2.98. The zero-order chi connectivity index (χ0) is 17.8. The van der Waals surface area contributed by atoms with Gasteiger partial charge in [0.1, 0.15) is 12.4 Å². The number of hydrogen-bond donors (Lipinski definition) is 1. The Morgan fingerprint density at radius 1 is 1.48 bits per heavy atom. The van der Waals surface area contributed by atoms with Gasteiger partial charge in [0.05, 0.1) is 30.7 Å². The molecular formula is C18H17N3O4. The summed E-state index contributed by atoms with van der Waals surface area (Å²) in [6, 6.07) is 7.09. The Morgan fingerprint density at radius 3 is 3.04 bits per heavy atom. The molecule has 3 rings (SSSR count). The van der Waals surface area contributed by atoms with E-state index >= 15 is 0 Å². The van der Waals surface area contributed by atoms with E-state index in [1.54, 1.807) is 24.4 Å². The fraction of sp³-hybridized carbons (Fsp3) is 0.333. The molecule has 1 aromatic carbocycles. The Labute approximate surface area is 144 Å². The quantitative estimate of drug-likeness (QED) is 0.806. The first-order valence-corrected chi connectivity index (χ1v) is 7.88. The molecule has 1 unspecified atom stereocenters. The molecule has 2 atom stereocenters. The third-order valence-corrected chi connectivity index (χ3v) is 4.25. The number of methoxy groups -OCH3 is 1. The SMILES string of the molecule is COc1cc2c(OCC3C[C@@H](CC#N)C(=O)N3)nccc2cc1C=O. The minimum Gasteiger partial charge on any atom is -0.496 e. The number of fused-ring (bicyclic) bond motifs is 1. The number of ether oxygens (including phenoxy) is 2. The second-order valence-electron chi connectivity index (χ2n) is 5.86. The molecule has 1 aromatic heterocycles. The normalized spacial score (nSPS) is 19.3. The summed E-state index contributed by atoms with van der Waals surface area (Å²) in [4.78, 5) is 27.2. The summed E-state index contributed by atoms with van der Waals surface area (Å²) in [6.45, 7) is 0.261. The molecule has 1 fully saturated rings. The Balaban J connectivity index is 1.79. The third kappa shape index (κ3) is 3.38. The van der Waals surface area contributed by atoms with Crippen LogP contribution in [0.25, 0.3) is 10.8 Å². The van der Waals surface area contributed by atoms with Crippen molar-refractivity contribution in [3.8, 4) is 17.7 Å². The van der Waals surface area contributed by atoms with Crippen molar-refractivity contribution in [1.82, 2.24) is 10.3 Å². The lowest BCUT2D eigenvalue weighted by molar-refractivity contribution is -0.122. The zero-order valence-corrected chi connectivity index (χ0v) is 13.7. The lowest BCUT2D eigenvalue weighted by atomic mass is 10.0. The average Bonchev–Trinajstić information content (AvgIpc) is 2.98. The number of rotatable bonds is 6. The van der Waals surface area contributed by atoms with E-state index in [4.69, 9.17) is 14.7 Å². The van der Waals surface area contributed by atoms with E-state index in [0.717, 1.165) is 17.1 Å². The number of nitriles is 1. The van der Waals surface area contributed by atoms with E-state index in [2.05, 4.69) is 10.3 Å². The summed E-state index contributed by atoms with van der Waals surface area (Å²) in [5.41, 5.74) is 0.453. The minimum atomic E-state index is -0.283. The summed E-state index contributed by atoms with van der Waals surface area (Å²) in [7, 11) is 1.49. The van der Waals surface area contributed by atoms with E-state index in [-0.39, 0.29) is 30.9 Å². The molecule has 1 aliphatic heterocycles. The van der Waals surface area contributed by atoms with Crippen molar-refractivity contribution in [3.63, 3.8) is 0 Å². The van der Waals surface area contributed by atoms with E-state index < -0.39 is 0 Å². The number of amides is 1. The second-order valence-corrected chi connectivity index (χ2v) is 5.86. The third-order valence-electron chi connectivity index (χ3n) is 4.25. The fourth-order valence-corrected chi connectivity index (χ4v) is 2.98. The van der Waals surface area contributed by atoms with Crippen molar-refractivity contribution in [3.05, 3.63) is 30.0 Å². The van der Waals surface area contributed by atoms with Gasteiger partial charge in [-0.1, -0.05) is 0 Å². The predicted molar refractivity (Wildman–Crippen MR) is 89.4 cm³/mol. The molecular weight excluding hydrogens is 322 g/mol. The van der Waals surface area contributed by atoms with Crippen LogP contribution in [0, 0.1) is 17.2 Å². The maximum absolute atomic E-state index is 11.8. The van der Waals surface area contributed by atoms with Gasteiger partial charge in [-0.3, -0.25) is 9.59 Å². The largest absolute Gasteiger partial charge is 0.496 e. The molecule has 0 radical (unpaired) electrons. The van der Waals surface area contributed by atoms with Gasteiger partial charge in [0, 0.05) is 18.0 Å². The Bertz CT molecular complexity index is 859. The van der Waals surface area contributed by atoms with Crippen molar-refractivity contribution in [2.24, 2.45) is 5.92 Å². The van der Waals surface area contributed by atoms with Crippen LogP contribution in [-0.2, 0) is 4.79 Å². The second kappa shape index (κ2) is 7.18. The highest BCUT2D eigenvalue weighted by Gasteiger charge is 2.32. The standard InChI is InChI=1S/C18H17N3O4/c1-24-16-8-15-11(6-13(16)9-22)3-5-20-18(15)25-10-14-7-12(2-4-19)17(23)21-14/h3,5-6,8-9,12,14H,2,7,10H2,1H3,(H,21,23)/t12-,14?/m1/s1. The maximum Gasteiger partial charge on any atom is 0.224 e. The van der Waals surface area contributed by atoms with E-state index in [1.165, 1.54) is 7.11 Å². The van der Waals surface area contributed by atoms with E-state index in [9.17, 15) is 9.59 Å². The van der Waals surface area contributed by atoms with Crippen LogP contribution in [0.1, 0.15) is 23.2 Å². The molecule has 2 heterocycles. The van der Waals surface area contributed by atoms with Crippen molar-refractivity contribution >= 4 is 23.0 Å². The Kier molecular flexibility index (Phi) is 4.80. The Morgan fingerprint density at radius 2 is 2.32 bits per heavy atom. The monoisotopic (exact) mass is 339 g/mol. The smallest absolute Gasteiger partial charge is 0.224 e. The number of hydrogen-bond acceptors (Lipinski definition) is 6. The van der Waals surface area contributed by atoms with Crippen LogP contribution in [0.2, 0.25) is 0 Å². The van der Waals surface area contributed by atoms with Crippen molar-refractivity contribution in [1.29, 1.82) is 5.26 Å². The van der Waals surface area contributed by atoms with Crippen LogP contribution in [0.4, 0.5) is 0 Å². The molecule has 2 aromatic rings. The van der Waals surface area contributed by atoms with Gasteiger partial charge in [0.2, 0.25) is 11.8 Å². The number of nitrogens with zero attached hydrogens (tertiary/aromatic N) is 2. The highest BCUT2D eigenvalue weighted by Crippen LogP contribution is 2.30. The zero-order valence-electron chi connectivity index (χ0n) is 13.7. The molecule has 25 heavy (non-hydrogen) atoms. The first-order valence-electron chi connectivity index (χ1n) is 7.88. The van der Waals surface area contributed by atoms with Gasteiger partial charge in [0.25, 0.3) is 0 Å². The number of benzene rings is 1. The molecule has 1 aliphatic rings. The molecule has 128 valence electrons. The molecule has 1 amide bonds. The van der Waals surface area contributed by atoms with Crippen LogP contribution in [0.15, 0.2) is 24.4 Å². The molecule has 0 spiro atoms. The lowest BCUT2D eigenvalue weighted by Crippen LogP contribution is -2.31. The Hall–Kier alpha value is -3.14. The van der Waals surface area contributed by atoms with Gasteiger partial charge in [0.15, 0.2) is 6.29 Å². The molecule has 1 saturated heterocycles. The highest BCUT2D eigenvalue weighted by molar-refractivity contribution is 5.94. The number of pyridine rings is 1. The average molecular weight is 339 g/mol. The summed E-state index contributed by atoms with van der Waals surface area (Å²) < 4.78 is 11.0. The van der Waals surface area contributed by atoms with Gasteiger partial charge in [-0.15, -0.1) is 0 Å². The molecule has 7 heteroatoms. The van der Waals surface area contributed by atoms with Gasteiger partial charge in [-0.2, -0.15) is 5.26 Å². The maximum atomic E-state index is 11.8. The van der Waals surface area contributed by atoms with E-state index in [1.807, 2.05) is 6.07 Å². The van der Waals surface area contributed by atoms with Crippen molar-refractivity contribution in [2.45, 2.75) is 18.9 Å². The lowest BCUT2D eigenvalue weighted by Gasteiger charge is -2.14. The summed E-state index contributed by atoms with van der Waals surface area (Å²) in [5, 5.41) is 13.1. The molecule has 7 nitrogen and oxygen atoms in total. The number of aromatic nitrogens is 1. The van der Waals surface area contributed by atoms with Gasteiger partial charge < -0.3 is 14.8 Å². The minimum absolute atomic E-state index is 0.113. The molecule has 0 saturated carbocycles. The number of nitrogens with one attached hydrogen (secondary N) is 1. The number of carbonyl (C=O) groups excluding carboxylic acids is 2. The molecule has 1 N–H and O–H groups in total. The van der Waals surface area contributed by atoms with Gasteiger partial charge in [-0.05, 0) is 30.0 Å². The van der Waals surface area contributed by atoms with Crippen LogP contribution in [-0.4, -0.2) is 36.9 Å². The van der Waals surface area contributed by atoms with Crippen LogP contribution >= 0.6 is 0 Å². The van der Waals surface area contributed by atoms with Crippen LogP contribution in [0.3, 0.4) is 0 Å². The van der Waals surface area contributed by atoms with E-state index in [0.29, 0.717) is 23.6 Å². The van der Waals surface area contributed by atoms with Gasteiger partial charge >= 0.3 is 0 Å². The predicted octanol–water partition coefficient (Wildman–Crippen LogP) is 1.85. The number of aldehydes is 1. The van der Waals surface area contributed by atoms with Crippen LogP contribution < -0.4 is 14.8 Å². The summed E-state index contributed by atoms with van der Waals surface area (Å²) in [6.07, 6.45) is 3.11. The number of carbonyl (C=O) groups is 2. The highest BCUT2D eigenvalue weighted by atomic mass is 16.5. The van der Waals surface area contributed by atoms with Crippen LogP contribution in [0.5, 0.6) is 11.6 Å². The molecule has 0 aliphatic carbocycles. The summed E-state index contributed by atoms with van der Waals surface area (Å²) in [5.74, 6) is 0.461. The van der Waals surface area contributed by atoms with Gasteiger partial charge in [-0.25, -0.2) is 4.98 Å². The first-order chi connectivity index (χ1) is 12.2.